The van der Waals surface area contributed by atoms with E-state index in [4.69, 9.17) is 11.6 Å². The molecule has 2 aliphatic rings. The Balaban J connectivity index is 1.48. The van der Waals surface area contributed by atoms with Crippen LogP contribution in [0.1, 0.15) is 66.2 Å². The lowest BCUT2D eigenvalue weighted by Gasteiger charge is -2.45. The van der Waals surface area contributed by atoms with E-state index in [1.54, 1.807) is 6.33 Å². The van der Waals surface area contributed by atoms with Gasteiger partial charge in [0.15, 0.2) is 0 Å². The van der Waals surface area contributed by atoms with Crippen molar-refractivity contribution in [2.45, 2.75) is 90.4 Å². The molecule has 1 aliphatic heterocycles. The second-order valence-electron chi connectivity index (χ2n) is 9.91. The van der Waals surface area contributed by atoms with Gasteiger partial charge in [-0.3, -0.25) is 9.69 Å². The molecule has 6 nitrogen and oxygen atoms in total. The summed E-state index contributed by atoms with van der Waals surface area (Å²) in [6.07, 6.45) is 8.17. The number of hydrogen-bond acceptors (Lipinski definition) is 5. The second-order valence-corrected chi connectivity index (χ2v) is 10.3. The average molecular weight is 472 g/mol. The lowest BCUT2D eigenvalue weighted by Crippen LogP contribution is -2.51. The van der Waals surface area contributed by atoms with E-state index < -0.39 is 0 Å². The van der Waals surface area contributed by atoms with Crippen molar-refractivity contribution in [1.29, 1.82) is 0 Å². The fourth-order valence-electron chi connectivity index (χ4n) is 6.13. The molecule has 0 bridgehead atoms. The van der Waals surface area contributed by atoms with Crippen LogP contribution in [0.4, 0.5) is 5.82 Å². The number of fused-ring (bicyclic) bond motifs is 1. The van der Waals surface area contributed by atoms with Crippen molar-refractivity contribution in [3.8, 4) is 0 Å². The lowest BCUT2D eigenvalue weighted by molar-refractivity contribution is -0.132. The molecule has 1 aromatic heterocycles. The molecule has 1 aliphatic carbocycles. The molecule has 180 valence electrons. The van der Waals surface area contributed by atoms with Crippen molar-refractivity contribution >= 4 is 34.2 Å². The van der Waals surface area contributed by atoms with Crippen LogP contribution >= 0.6 is 11.6 Å². The highest BCUT2D eigenvalue weighted by Gasteiger charge is 2.42. The molecule has 4 rings (SSSR count). The molecule has 2 fully saturated rings. The summed E-state index contributed by atoms with van der Waals surface area (Å²) in [6.45, 7) is 11.0. The monoisotopic (exact) mass is 471 g/mol. The van der Waals surface area contributed by atoms with Gasteiger partial charge in [0.25, 0.3) is 0 Å². The summed E-state index contributed by atoms with van der Waals surface area (Å²) >= 11 is 6.21. The maximum Gasteiger partial charge on any atom is 0.245 e. The number of aromatic nitrogens is 2. The Morgan fingerprint density at radius 2 is 2.03 bits per heavy atom. The Morgan fingerprint density at radius 1 is 1.21 bits per heavy atom. The largest absolute Gasteiger partial charge is 0.358 e. The van der Waals surface area contributed by atoms with Crippen LogP contribution in [-0.2, 0) is 4.79 Å². The number of carbonyl (C=O) groups is 1. The Bertz CT molecular complexity index is 967. The predicted octanol–water partition coefficient (Wildman–Crippen LogP) is 5.36. The summed E-state index contributed by atoms with van der Waals surface area (Å²) in [7, 11) is 0. The standard InChI is InChI=1S/C26H38ClN5O/c1-5-7-18-14-20(31(6-2)17(3)4)9-11-24(18)32-13-12-23(26(32)33)30-25-21-15-19(27)8-10-22(21)28-16-29-25/h8,10,15-18,20,23-24H,5-7,9,11-14H2,1-4H3,(H,28,29,30)/t18-,20+,23-,24-/m0/s1. The Kier molecular flexibility index (Phi) is 7.75. The van der Waals surface area contributed by atoms with E-state index in [-0.39, 0.29) is 11.9 Å². The summed E-state index contributed by atoms with van der Waals surface area (Å²) in [5.74, 6) is 1.47. The van der Waals surface area contributed by atoms with Gasteiger partial charge < -0.3 is 10.2 Å². The fraction of sp³-hybridized carbons (Fsp3) is 0.654. The van der Waals surface area contributed by atoms with E-state index in [2.05, 4.69) is 52.8 Å². The molecule has 1 N–H and O–H groups in total. The van der Waals surface area contributed by atoms with Gasteiger partial charge in [-0.25, -0.2) is 9.97 Å². The third kappa shape index (κ3) is 5.12. The second kappa shape index (κ2) is 10.6. The topological polar surface area (TPSA) is 61.4 Å². The van der Waals surface area contributed by atoms with Crippen LogP contribution in [0.15, 0.2) is 24.5 Å². The molecule has 33 heavy (non-hydrogen) atoms. The lowest BCUT2D eigenvalue weighted by atomic mass is 9.77. The highest BCUT2D eigenvalue weighted by atomic mass is 35.5. The van der Waals surface area contributed by atoms with Gasteiger partial charge in [-0.15, -0.1) is 0 Å². The number of benzene rings is 1. The van der Waals surface area contributed by atoms with Gasteiger partial charge in [0.2, 0.25) is 5.91 Å². The van der Waals surface area contributed by atoms with E-state index in [0.717, 1.165) is 36.8 Å². The molecule has 1 saturated heterocycles. The Labute approximate surface area is 203 Å². The summed E-state index contributed by atoms with van der Waals surface area (Å²) in [4.78, 5) is 27.1. The van der Waals surface area contributed by atoms with Gasteiger partial charge in [0.1, 0.15) is 18.2 Å². The van der Waals surface area contributed by atoms with Crippen LogP contribution in [0.3, 0.4) is 0 Å². The maximum atomic E-state index is 13.5. The molecule has 1 amide bonds. The van der Waals surface area contributed by atoms with Crippen molar-refractivity contribution in [2.24, 2.45) is 5.92 Å². The van der Waals surface area contributed by atoms with Crippen LogP contribution in [0.5, 0.6) is 0 Å². The van der Waals surface area contributed by atoms with Gasteiger partial charge in [-0.1, -0.05) is 31.9 Å². The van der Waals surface area contributed by atoms with Crippen molar-refractivity contribution in [3.63, 3.8) is 0 Å². The first-order valence-electron chi connectivity index (χ1n) is 12.7. The highest BCUT2D eigenvalue weighted by Crippen LogP contribution is 2.37. The number of amides is 1. The van der Waals surface area contributed by atoms with Crippen LogP contribution in [0.2, 0.25) is 5.02 Å². The van der Waals surface area contributed by atoms with Crippen molar-refractivity contribution in [2.75, 3.05) is 18.4 Å². The number of hydrogen-bond donors (Lipinski definition) is 1. The molecular weight excluding hydrogens is 434 g/mol. The quantitative estimate of drug-likeness (QED) is 0.561. The zero-order valence-corrected chi connectivity index (χ0v) is 21.2. The number of halogens is 1. The van der Waals surface area contributed by atoms with Crippen molar-refractivity contribution < 1.29 is 4.79 Å². The smallest absolute Gasteiger partial charge is 0.245 e. The molecule has 2 aromatic rings. The molecular formula is C26H38ClN5O. The average Bonchev–Trinajstić information content (AvgIpc) is 3.15. The van der Waals surface area contributed by atoms with Gasteiger partial charge in [-0.2, -0.15) is 0 Å². The highest BCUT2D eigenvalue weighted by molar-refractivity contribution is 6.31. The van der Waals surface area contributed by atoms with Crippen molar-refractivity contribution in [1.82, 2.24) is 19.8 Å². The van der Waals surface area contributed by atoms with Crippen LogP contribution in [0.25, 0.3) is 10.9 Å². The van der Waals surface area contributed by atoms with E-state index in [1.165, 1.54) is 25.7 Å². The third-order valence-corrected chi connectivity index (χ3v) is 7.86. The summed E-state index contributed by atoms with van der Waals surface area (Å²) in [5.41, 5.74) is 0.825. The van der Waals surface area contributed by atoms with Gasteiger partial charge in [0, 0.05) is 35.1 Å². The molecule has 0 unspecified atom stereocenters. The van der Waals surface area contributed by atoms with Gasteiger partial charge >= 0.3 is 0 Å². The van der Waals surface area contributed by atoms with Crippen molar-refractivity contribution in [3.05, 3.63) is 29.5 Å². The summed E-state index contributed by atoms with van der Waals surface area (Å²) in [6, 6.07) is 6.88. The number of anilines is 1. The van der Waals surface area contributed by atoms with Crippen LogP contribution in [-0.4, -0.2) is 62.9 Å². The van der Waals surface area contributed by atoms with Crippen LogP contribution < -0.4 is 5.32 Å². The molecule has 4 atom stereocenters. The van der Waals surface area contributed by atoms with Crippen LogP contribution in [0, 0.1) is 5.92 Å². The molecule has 2 heterocycles. The molecule has 1 saturated carbocycles. The molecule has 0 radical (unpaired) electrons. The van der Waals surface area contributed by atoms with E-state index >= 15 is 0 Å². The zero-order chi connectivity index (χ0) is 23.5. The first-order valence-corrected chi connectivity index (χ1v) is 13.0. The summed E-state index contributed by atoms with van der Waals surface area (Å²) in [5, 5.41) is 4.91. The molecule has 1 aromatic carbocycles. The maximum absolute atomic E-state index is 13.5. The number of carbonyl (C=O) groups excluding carboxylic acids is 1. The van der Waals surface area contributed by atoms with E-state index in [1.807, 2.05) is 18.2 Å². The van der Waals surface area contributed by atoms with Gasteiger partial charge in [0.05, 0.1) is 5.52 Å². The SMILES string of the molecule is CCC[C@H]1C[C@H](N(CC)C(C)C)CC[C@@H]1N1CC[C@H](Nc2ncnc3ccc(Cl)cc23)C1=O. The number of nitrogens with zero attached hydrogens (tertiary/aromatic N) is 4. The third-order valence-electron chi connectivity index (χ3n) is 7.62. The first-order chi connectivity index (χ1) is 15.9. The Hall–Kier alpha value is -1.92. The van der Waals surface area contributed by atoms with E-state index in [0.29, 0.717) is 34.9 Å². The normalized spacial score (nSPS) is 26.0. The predicted molar refractivity (Wildman–Crippen MR) is 136 cm³/mol. The molecule has 7 heteroatoms. The minimum Gasteiger partial charge on any atom is -0.358 e. The van der Waals surface area contributed by atoms with E-state index in [9.17, 15) is 4.79 Å². The number of likely N-dealkylation sites (tertiary alicyclic amines) is 1. The zero-order valence-electron chi connectivity index (χ0n) is 20.4. The van der Waals surface area contributed by atoms with Gasteiger partial charge in [-0.05, 0) is 76.6 Å². The number of rotatable bonds is 8. The minimum atomic E-state index is -0.245. The first kappa shape index (κ1) is 24.2. The number of nitrogens with one attached hydrogen (secondary N) is 1. The minimum absolute atomic E-state index is 0.213. The Morgan fingerprint density at radius 3 is 2.76 bits per heavy atom. The fourth-order valence-corrected chi connectivity index (χ4v) is 6.31. The summed E-state index contributed by atoms with van der Waals surface area (Å²) < 4.78 is 0. The molecule has 0 spiro atoms.